The maximum absolute atomic E-state index is 11.3. The van der Waals surface area contributed by atoms with Crippen LogP contribution in [0, 0.1) is 6.92 Å². The Morgan fingerprint density at radius 3 is 2.33 bits per heavy atom. The van der Waals surface area contributed by atoms with Crippen LogP contribution in [0.5, 0.6) is 11.5 Å². The van der Waals surface area contributed by atoms with Gasteiger partial charge in [-0.2, -0.15) is 0 Å². The number of anilines is 1. The molecule has 2 N–H and O–H groups in total. The van der Waals surface area contributed by atoms with Gasteiger partial charge in [0.15, 0.2) is 0 Å². The molecular formula is C14H15NO2S. The minimum absolute atomic E-state index is 0.719. The summed E-state index contributed by atoms with van der Waals surface area (Å²) in [6.07, 6.45) is 1.65. The molecular weight excluding hydrogens is 246 g/mol. The molecule has 0 saturated carbocycles. The molecule has 0 radical (unpaired) electrons. The molecule has 4 heteroatoms. The zero-order chi connectivity index (χ0) is 13.1. The second-order valence-corrected chi connectivity index (χ2v) is 5.43. The van der Waals surface area contributed by atoms with Crippen molar-refractivity contribution in [3.63, 3.8) is 0 Å². The molecule has 1 unspecified atom stereocenters. The first kappa shape index (κ1) is 12.6. The van der Waals surface area contributed by atoms with E-state index >= 15 is 0 Å². The molecule has 1 atom stereocenters. The van der Waals surface area contributed by atoms with Crippen molar-refractivity contribution in [3.8, 4) is 11.5 Å². The highest BCUT2D eigenvalue weighted by Crippen LogP contribution is 2.26. The fourth-order valence-electron chi connectivity index (χ4n) is 1.61. The minimum atomic E-state index is -0.963. The molecule has 2 aromatic rings. The Bertz CT molecular complexity index is 579. The zero-order valence-corrected chi connectivity index (χ0v) is 11.2. The maximum Gasteiger partial charge on any atom is 0.130 e. The van der Waals surface area contributed by atoms with Crippen molar-refractivity contribution >= 4 is 16.5 Å². The largest absolute Gasteiger partial charge is 0.457 e. The van der Waals surface area contributed by atoms with E-state index < -0.39 is 10.8 Å². The predicted octanol–water partition coefficient (Wildman–Crippen LogP) is 3.11. The lowest BCUT2D eigenvalue weighted by molar-refractivity contribution is 0.478. The molecule has 0 spiro atoms. The van der Waals surface area contributed by atoms with Gasteiger partial charge in [0, 0.05) is 27.6 Å². The van der Waals surface area contributed by atoms with Crippen molar-refractivity contribution in [1.29, 1.82) is 0 Å². The highest BCUT2D eigenvalue weighted by molar-refractivity contribution is 7.84. The molecule has 2 aromatic carbocycles. The smallest absolute Gasteiger partial charge is 0.130 e. The third-order valence-electron chi connectivity index (χ3n) is 2.58. The van der Waals surface area contributed by atoms with E-state index in [0.717, 1.165) is 27.6 Å². The molecule has 0 saturated heterocycles. The molecule has 0 bridgehead atoms. The number of nitrogen functional groups attached to an aromatic ring is 1. The van der Waals surface area contributed by atoms with Gasteiger partial charge < -0.3 is 10.5 Å². The Kier molecular flexibility index (Phi) is 3.67. The van der Waals surface area contributed by atoms with Crippen LogP contribution in [0.3, 0.4) is 0 Å². The predicted molar refractivity (Wildman–Crippen MR) is 74.4 cm³/mol. The Hall–Kier alpha value is -1.81. The van der Waals surface area contributed by atoms with Gasteiger partial charge in [-0.1, -0.05) is 0 Å². The van der Waals surface area contributed by atoms with Crippen molar-refractivity contribution in [2.75, 3.05) is 12.0 Å². The van der Waals surface area contributed by atoms with Crippen molar-refractivity contribution in [3.05, 3.63) is 48.0 Å². The van der Waals surface area contributed by atoms with Crippen LogP contribution in [0.2, 0.25) is 0 Å². The van der Waals surface area contributed by atoms with Crippen LogP contribution in [0.4, 0.5) is 5.69 Å². The van der Waals surface area contributed by atoms with Crippen LogP contribution in [0.15, 0.2) is 47.4 Å². The summed E-state index contributed by atoms with van der Waals surface area (Å²) in [6, 6.07) is 12.7. The molecule has 18 heavy (non-hydrogen) atoms. The van der Waals surface area contributed by atoms with Gasteiger partial charge in [-0.25, -0.2) is 0 Å². The van der Waals surface area contributed by atoms with Gasteiger partial charge in [0.1, 0.15) is 11.5 Å². The fourth-order valence-corrected chi connectivity index (χ4v) is 2.13. The average Bonchev–Trinajstić information content (AvgIpc) is 2.33. The Morgan fingerprint density at radius 2 is 1.78 bits per heavy atom. The number of aryl methyl sites for hydroxylation is 1. The van der Waals surface area contributed by atoms with E-state index in [1.807, 2.05) is 31.2 Å². The van der Waals surface area contributed by atoms with Gasteiger partial charge >= 0.3 is 0 Å². The van der Waals surface area contributed by atoms with Crippen LogP contribution < -0.4 is 10.5 Å². The highest BCUT2D eigenvalue weighted by atomic mass is 32.2. The fraction of sp³-hybridized carbons (Fsp3) is 0.143. The number of rotatable bonds is 3. The topological polar surface area (TPSA) is 52.3 Å². The summed E-state index contributed by atoms with van der Waals surface area (Å²) < 4.78 is 17.0. The lowest BCUT2D eigenvalue weighted by Crippen LogP contribution is -1.91. The van der Waals surface area contributed by atoms with Gasteiger partial charge in [-0.3, -0.25) is 4.21 Å². The summed E-state index contributed by atoms with van der Waals surface area (Å²) in [4.78, 5) is 0.788. The van der Waals surface area contributed by atoms with E-state index in [1.54, 1.807) is 24.5 Å². The van der Waals surface area contributed by atoms with Crippen molar-refractivity contribution in [2.45, 2.75) is 11.8 Å². The van der Waals surface area contributed by atoms with E-state index in [1.165, 1.54) is 0 Å². The van der Waals surface area contributed by atoms with Crippen LogP contribution in [-0.4, -0.2) is 10.5 Å². The summed E-state index contributed by atoms with van der Waals surface area (Å²) in [5.41, 5.74) is 7.39. The highest BCUT2D eigenvalue weighted by Gasteiger charge is 2.03. The standard InChI is InChI=1S/C14H15NO2S/c1-10-9-11(15)3-8-14(10)17-12-4-6-13(7-5-12)18(2)16/h3-9H,15H2,1-2H3. The zero-order valence-electron chi connectivity index (χ0n) is 10.3. The van der Waals surface area contributed by atoms with Crippen molar-refractivity contribution in [1.82, 2.24) is 0 Å². The van der Waals surface area contributed by atoms with Gasteiger partial charge in [-0.15, -0.1) is 0 Å². The molecule has 3 nitrogen and oxygen atoms in total. The third-order valence-corrected chi connectivity index (χ3v) is 3.52. The van der Waals surface area contributed by atoms with Gasteiger partial charge in [0.05, 0.1) is 0 Å². The van der Waals surface area contributed by atoms with Crippen molar-refractivity contribution < 1.29 is 8.95 Å². The van der Waals surface area contributed by atoms with E-state index in [0.29, 0.717) is 0 Å². The van der Waals surface area contributed by atoms with Crippen LogP contribution in [0.1, 0.15) is 5.56 Å². The first-order valence-corrected chi connectivity index (χ1v) is 7.09. The monoisotopic (exact) mass is 261 g/mol. The average molecular weight is 261 g/mol. The quantitative estimate of drug-likeness (QED) is 0.864. The van der Waals surface area contributed by atoms with Crippen LogP contribution in [0.25, 0.3) is 0 Å². The molecule has 2 rings (SSSR count). The lowest BCUT2D eigenvalue weighted by Gasteiger charge is -2.09. The molecule has 0 amide bonds. The minimum Gasteiger partial charge on any atom is -0.457 e. The summed E-state index contributed by atoms with van der Waals surface area (Å²) in [6.45, 7) is 1.95. The Morgan fingerprint density at radius 1 is 1.11 bits per heavy atom. The van der Waals surface area contributed by atoms with Crippen molar-refractivity contribution in [2.24, 2.45) is 0 Å². The number of benzene rings is 2. The molecule has 0 fully saturated rings. The van der Waals surface area contributed by atoms with Gasteiger partial charge in [0.25, 0.3) is 0 Å². The SMILES string of the molecule is Cc1cc(N)ccc1Oc1ccc(S(C)=O)cc1. The van der Waals surface area contributed by atoms with Crippen LogP contribution in [-0.2, 0) is 10.8 Å². The molecule has 0 aliphatic heterocycles. The summed E-state index contributed by atoms with van der Waals surface area (Å²) in [5.74, 6) is 1.49. The molecule has 0 aliphatic carbocycles. The molecule has 94 valence electrons. The first-order valence-electron chi connectivity index (χ1n) is 5.54. The number of hydrogen-bond donors (Lipinski definition) is 1. The van der Waals surface area contributed by atoms with Gasteiger partial charge in [-0.05, 0) is 55.0 Å². The third kappa shape index (κ3) is 2.90. The lowest BCUT2D eigenvalue weighted by atomic mass is 10.2. The second kappa shape index (κ2) is 5.23. The second-order valence-electron chi connectivity index (χ2n) is 4.05. The normalized spacial score (nSPS) is 12.1. The van der Waals surface area contributed by atoms with Crippen LogP contribution >= 0.6 is 0 Å². The number of hydrogen-bond acceptors (Lipinski definition) is 3. The van der Waals surface area contributed by atoms with E-state index in [9.17, 15) is 4.21 Å². The van der Waals surface area contributed by atoms with E-state index in [4.69, 9.17) is 10.5 Å². The molecule has 0 heterocycles. The first-order chi connectivity index (χ1) is 8.56. The molecule has 0 aliphatic rings. The summed E-state index contributed by atoms with van der Waals surface area (Å²) >= 11 is 0. The van der Waals surface area contributed by atoms with E-state index in [-0.39, 0.29) is 0 Å². The summed E-state index contributed by atoms with van der Waals surface area (Å²) in [5, 5.41) is 0. The Balaban J connectivity index is 2.21. The van der Waals surface area contributed by atoms with Gasteiger partial charge in [0.2, 0.25) is 0 Å². The maximum atomic E-state index is 11.3. The number of ether oxygens (including phenoxy) is 1. The Labute approximate surface area is 109 Å². The number of nitrogens with two attached hydrogens (primary N) is 1. The summed E-state index contributed by atoms with van der Waals surface area (Å²) in [7, 11) is -0.963. The molecule has 0 aromatic heterocycles. The van der Waals surface area contributed by atoms with E-state index in [2.05, 4.69) is 0 Å².